The lowest BCUT2D eigenvalue weighted by molar-refractivity contribution is 0.1000. The molecule has 0 bridgehead atoms. The SMILES string of the molecule is NC(=O)c1ccc(CNC2COc3ccccc32)c(F)c1. The summed E-state index contributed by atoms with van der Waals surface area (Å²) in [6.07, 6.45) is 0. The van der Waals surface area contributed by atoms with Gasteiger partial charge < -0.3 is 15.8 Å². The Bertz CT molecular complexity index is 688. The molecule has 21 heavy (non-hydrogen) atoms. The fraction of sp³-hybridized carbons (Fsp3) is 0.188. The van der Waals surface area contributed by atoms with E-state index >= 15 is 0 Å². The van der Waals surface area contributed by atoms with Gasteiger partial charge in [0, 0.05) is 23.2 Å². The summed E-state index contributed by atoms with van der Waals surface area (Å²) in [5.74, 6) is -0.211. The summed E-state index contributed by atoms with van der Waals surface area (Å²) in [5, 5.41) is 3.26. The van der Waals surface area contributed by atoms with Crippen LogP contribution in [-0.2, 0) is 6.54 Å². The van der Waals surface area contributed by atoms with E-state index in [0.717, 1.165) is 11.3 Å². The van der Waals surface area contributed by atoms with Crippen LogP contribution < -0.4 is 15.8 Å². The Morgan fingerprint density at radius 1 is 1.33 bits per heavy atom. The summed E-state index contributed by atoms with van der Waals surface area (Å²) < 4.78 is 19.5. The zero-order valence-electron chi connectivity index (χ0n) is 11.3. The second-order valence-electron chi connectivity index (χ2n) is 4.95. The maximum Gasteiger partial charge on any atom is 0.248 e. The number of carbonyl (C=O) groups is 1. The Kier molecular flexibility index (Phi) is 3.58. The highest BCUT2D eigenvalue weighted by Crippen LogP contribution is 2.31. The highest BCUT2D eigenvalue weighted by molar-refractivity contribution is 5.92. The van der Waals surface area contributed by atoms with Gasteiger partial charge in [-0.1, -0.05) is 24.3 Å². The Hall–Kier alpha value is -2.40. The maximum absolute atomic E-state index is 13.9. The summed E-state index contributed by atoms with van der Waals surface area (Å²) >= 11 is 0. The number of carbonyl (C=O) groups excluding carboxylic acids is 1. The Balaban J connectivity index is 1.70. The van der Waals surface area contributed by atoms with Crippen LogP contribution >= 0.6 is 0 Å². The van der Waals surface area contributed by atoms with Crippen LogP contribution in [0.2, 0.25) is 0 Å². The molecule has 1 atom stereocenters. The molecular formula is C16H15FN2O2. The third-order valence-corrected chi connectivity index (χ3v) is 3.58. The predicted octanol–water partition coefficient (Wildman–Crippen LogP) is 2.15. The van der Waals surface area contributed by atoms with Gasteiger partial charge in [-0.15, -0.1) is 0 Å². The van der Waals surface area contributed by atoms with Crippen LogP contribution in [0.5, 0.6) is 5.75 Å². The lowest BCUT2D eigenvalue weighted by Crippen LogP contribution is -2.22. The summed E-state index contributed by atoms with van der Waals surface area (Å²) in [6, 6.07) is 12.1. The van der Waals surface area contributed by atoms with Crippen molar-refractivity contribution in [3.8, 4) is 5.75 Å². The Morgan fingerprint density at radius 3 is 2.90 bits per heavy atom. The molecule has 0 aromatic heterocycles. The molecule has 1 aliphatic rings. The number of para-hydroxylation sites is 1. The fourth-order valence-electron chi connectivity index (χ4n) is 2.41. The standard InChI is InChI=1S/C16H15FN2O2/c17-13-7-10(16(18)20)5-6-11(13)8-19-14-9-21-15-4-2-1-3-12(14)15/h1-7,14,19H,8-9H2,(H2,18,20). The molecule has 0 spiro atoms. The van der Waals surface area contributed by atoms with Crippen LogP contribution in [0.1, 0.15) is 27.5 Å². The van der Waals surface area contributed by atoms with Gasteiger partial charge >= 0.3 is 0 Å². The van der Waals surface area contributed by atoms with E-state index in [4.69, 9.17) is 10.5 Å². The summed E-state index contributed by atoms with van der Waals surface area (Å²) in [4.78, 5) is 11.0. The number of ether oxygens (including phenoxy) is 1. The van der Waals surface area contributed by atoms with Gasteiger partial charge in [0.25, 0.3) is 0 Å². The van der Waals surface area contributed by atoms with Crippen molar-refractivity contribution in [2.75, 3.05) is 6.61 Å². The lowest BCUT2D eigenvalue weighted by Gasteiger charge is -2.12. The van der Waals surface area contributed by atoms with Crippen molar-refractivity contribution < 1.29 is 13.9 Å². The van der Waals surface area contributed by atoms with Crippen LogP contribution in [0.15, 0.2) is 42.5 Å². The van der Waals surface area contributed by atoms with Gasteiger partial charge in [0.15, 0.2) is 0 Å². The molecule has 1 unspecified atom stereocenters. The number of fused-ring (bicyclic) bond motifs is 1. The van der Waals surface area contributed by atoms with Gasteiger partial charge in [-0.2, -0.15) is 0 Å². The van der Waals surface area contributed by atoms with Crippen molar-refractivity contribution in [1.29, 1.82) is 0 Å². The average Bonchev–Trinajstić information content (AvgIpc) is 2.89. The van der Waals surface area contributed by atoms with E-state index in [9.17, 15) is 9.18 Å². The number of hydrogen-bond donors (Lipinski definition) is 2. The molecule has 0 fully saturated rings. The van der Waals surface area contributed by atoms with Crippen molar-refractivity contribution in [3.05, 3.63) is 65.0 Å². The van der Waals surface area contributed by atoms with Gasteiger partial charge in [-0.3, -0.25) is 4.79 Å². The van der Waals surface area contributed by atoms with Crippen molar-refractivity contribution in [2.45, 2.75) is 12.6 Å². The van der Waals surface area contributed by atoms with Crippen LogP contribution in [0.25, 0.3) is 0 Å². The molecule has 0 saturated carbocycles. The molecule has 1 aliphatic heterocycles. The third-order valence-electron chi connectivity index (χ3n) is 3.58. The average molecular weight is 286 g/mol. The van der Waals surface area contributed by atoms with E-state index in [1.165, 1.54) is 12.1 Å². The highest BCUT2D eigenvalue weighted by Gasteiger charge is 2.23. The fourth-order valence-corrected chi connectivity index (χ4v) is 2.41. The lowest BCUT2D eigenvalue weighted by atomic mass is 10.1. The molecule has 3 N–H and O–H groups in total. The molecule has 0 radical (unpaired) electrons. The molecule has 2 aromatic carbocycles. The number of primary amides is 1. The van der Waals surface area contributed by atoms with E-state index in [0.29, 0.717) is 18.7 Å². The van der Waals surface area contributed by atoms with Crippen LogP contribution in [-0.4, -0.2) is 12.5 Å². The first kappa shape index (κ1) is 13.6. The monoisotopic (exact) mass is 286 g/mol. The zero-order chi connectivity index (χ0) is 14.8. The molecule has 1 amide bonds. The van der Waals surface area contributed by atoms with Crippen LogP contribution in [0, 0.1) is 5.82 Å². The number of nitrogens with two attached hydrogens (primary N) is 1. The molecule has 1 heterocycles. The van der Waals surface area contributed by atoms with Gasteiger partial charge in [0.2, 0.25) is 5.91 Å². The molecular weight excluding hydrogens is 271 g/mol. The van der Waals surface area contributed by atoms with Crippen LogP contribution in [0.4, 0.5) is 4.39 Å². The van der Waals surface area contributed by atoms with E-state index in [-0.39, 0.29) is 11.6 Å². The molecule has 0 aliphatic carbocycles. The summed E-state index contributed by atoms with van der Waals surface area (Å²) in [7, 11) is 0. The first-order chi connectivity index (χ1) is 10.1. The minimum atomic E-state index is -0.633. The van der Waals surface area contributed by atoms with E-state index in [1.807, 2.05) is 24.3 Å². The van der Waals surface area contributed by atoms with E-state index < -0.39 is 11.7 Å². The Morgan fingerprint density at radius 2 is 2.14 bits per heavy atom. The predicted molar refractivity (Wildman–Crippen MR) is 76.4 cm³/mol. The smallest absolute Gasteiger partial charge is 0.248 e. The normalized spacial score (nSPS) is 16.3. The second-order valence-corrected chi connectivity index (χ2v) is 4.95. The maximum atomic E-state index is 13.9. The molecule has 108 valence electrons. The topological polar surface area (TPSA) is 64.4 Å². The van der Waals surface area contributed by atoms with Gasteiger partial charge in [0.1, 0.15) is 18.2 Å². The molecule has 4 nitrogen and oxygen atoms in total. The van der Waals surface area contributed by atoms with Crippen LogP contribution in [0.3, 0.4) is 0 Å². The molecule has 2 aromatic rings. The van der Waals surface area contributed by atoms with Crippen molar-refractivity contribution >= 4 is 5.91 Å². The first-order valence-electron chi connectivity index (χ1n) is 6.68. The number of rotatable bonds is 4. The minimum Gasteiger partial charge on any atom is -0.491 e. The molecule has 0 saturated heterocycles. The van der Waals surface area contributed by atoms with Gasteiger partial charge in [-0.05, 0) is 18.2 Å². The number of benzene rings is 2. The van der Waals surface area contributed by atoms with E-state index in [1.54, 1.807) is 6.07 Å². The number of hydrogen-bond acceptors (Lipinski definition) is 3. The highest BCUT2D eigenvalue weighted by atomic mass is 19.1. The second kappa shape index (κ2) is 5.54. The zero-order valence-corrected chi connectivity index (χ0v) is 11.3. The Labute approximate surface area is 121 Å². The molecule has 5 heteroatoms. The third kappa shape index (κ3) is 2.73. The quantitative estimate of drug-likeness (QED) is 0.905. The van der Waals surface area contributed by atoms with Crippen molar-refractivity contribution in [1.82, 2.24) is 5.32 Å². The summed E-state index contributed by atoms with van der Waals surface area (Å²) in [6.45, 7) is 0.883. The number of halogens is 1. The summed E-state index contributed by atoms with van der Waals surface area (Å²) in [5.41, 5.74) is 6.86. The number of amides is 1. The van der Waals surface area contributed by atoms with Crippen molar-refractivity contribution in [2.24, 2.45) is 5.73 Å². The van der Waals surface area contributed by atoms with E-state index in [2.05, 4.69) is 5.32 Å². The number of nitrogens with one attached hydrogen (secondary N) is 1. The molecule has 3 rings (SSSR count). The largest absolute Gasteiger partial charge is 0.491 e. The first-order valence-corrected chi connectivity index (χ1v) is 6.68. The van der Waals surface area contributed by atoms with Crippen molar-refractivity contribution in [3.63, 3.8) is 0 Å². The van der Waals surface area contributed by atoms with Gasteiger partial charge in [0.05, 0.1) is 6.04 Å². The minimum absolute atomic E-state index is 0.0383. The van der Waals surface area contributed by atoms with Gasteiger partial charge in [-0.25, -0.2) is 4.39 Å².